The van der Waals surface area contributed by atoms with Crippen LogP contribution in [-0.2, 0) is 4.74 Å². The van der Waals surface area contributed by atoms with Crippen LogP contribution < -0.4 is 5.73 Å². The van der Waals surface area contributed by atoms with Gasteiger partial charge in [0.05, 0.1) is 11.3 Å². The Labute approximate surface area is 94.7 Å². The van der Waals surface area contributed by atoms with Crippen LogP contribution in [0, 0.1) is 0 Å². The van der Waals surface area contributed by atoms with Gasteiger partial charge in [0, 0.05) is 17.9 Å². The average molecular weight is 226 g/mol. The van der Waals surface area contributed by atoms with Crippen LogP contribution in [0.4, 0.5) is 5.13 Å². The summed E-state index contributed by atoms with van der Waals surface area (Å²) in [6.07, 6.45) is 3.19. The van der Waals surface area contributed by atoms with Crippen molar-refractivity contribution in [3.63, 3.8) is 0 Å². The summed E-state index contributed by atoms with van der Waals surface area (Å²) in [6, 6.07) is 0. The first-order valence-corrected chi connectivity index (χ1v) is 6.36. The first-order chi connectivity index (χ1) is 7.13. The highest BCUT2D eigenvalue weighted by Gasteiger charge is 2.33. The Morgan fingerprint density at radius 2 is 2.53 bits per heavy atom. The molecule has 1 aromatic rings. The molecule has 1 aliphatic rings. The van der Waals surface area contributed by atoms with Crippen LogP contribution in [0.1, 0.15) is 44.7 Å². The zero-order chi connectivity index (χ0) is 10.9. The summed E-state index contributed by atoms with van der Waals surface area (Å²) in [5.41, 5.74) is 6.84. The monoisotopic (exact) mass is 226 g/mol. The maximum Gasteiger partial charge on any atom is 0.180 e. The van der Waals surface area contributed by atoms with Gasteiger partial charge in [-0.1, -0.05) is 6.92 Å². The van der Waals surface area contributed by atoms with Gasteiger partial charge in [0.2, 0.25) is 0 Å². The van der Waals surface area contributed by atoms with Crippen LogP contribution >= 0.6 is 11.3 Å². The topological polar surface area (TPSA) is 48.1 Å². The van der Waals surface area contributed by atoms with Gasteiger partial charge in [-0.25, -0.2) is 4.98 Å². The van der Waals surface area contributed by atoms with Gasteiger partial charge in [0.25, 0.3) is 0 Å². The largest absolute Gasteiger partial charge is 0.375 e. The van der Waals surface area contributed by atoms with Crippen molar-refractivity contribution in [2.75, 3.05) is 12.3 Å². The Balaban J connectivity index is 2.11. The predicted molar refractivity (Wildman–Crippen MR) is 63.1 cm³/mol. The molecule has 0 aliphatic carbocycles. The molecule has 1 fully saturated rings. The second kappa shape index (κ2) is 4.10. The molecule has 2 atom stereocenters. The number of nitrogen functional groups attached to an aromatic ring is 1. The average Bonchev–Trinajstić information content (AvgIpc) is 2.65. The molecule has 1 aromatic heterocycles. The minimum absolute atomic E-state index is 0.0291. The fraction of sp³-hybridized carbons (Fsp3) is 0.727. The lowest BCUT2D eigenvalue weighted by Crippen LogP contribution is -2.35. The molecule has 1 unspecified atom stereocenters. The van der Waals surface area contributed by atoms with Crippen LogP contribution in [0.2, 0.25) is 0 Å². The van der Waals surface area contributed by atoms with E-state index in [1.807, 2.05) is 0 Å². The Morgan fingerprint density at radius 1 is 1.73 bits per heavy atom. The van der Waals surface area contributed by atoms with Crippen molar-refractivity contribution in [1.29, 1.82) is 0 Å². The van der Waals surface area contributed by atoms with E-state index in [1.54, 1.807) is 0 Å². The van der Waals surface area contributed by atoms with E-state index in [9.17, 15) is 0 Å². The number of anilines is 1. The second-order valence-corrected chi connectivity index (χ2v) is 5.34. The third-order valence-electron chi connectivity index (χ3n) is 3.30. The molecule has 1 aliphatic heterocycles. The number of nitrogens with two attached hydrogens (primary N) is 1. The smallest absolute Gasteiger partial charge is 0.180 e. The van der Waals surface area contributed by atoms with Crippen molar-refractivity contribution in [2.24, 2.45) is 0 Å². The molecular formula is C11H18N2OS. The second-order valence-electron chi connectivity index (χ2n) is 4.45. The van der Waals surface area contributed by atoms with Gasteiger partial charge < -0.3 is 10.5 Å². The van der Waals surface area contributed by atoms with Crippen LogP contribution in [0.5, 0.6) is 0 Å². The molecule has 4 heteroatoms. The maximum absolute atomic E-state index is 5.82. The lowest BCUT2D eigenvalue weighted by atomic mass is 9.84. The van der Waals surface area contributed by atoms with Crippen molar-refractivity contribution in [3.05, 3.63) is 11.1 Å². The Bertz CT molecular complexity index is 339. The molecule has 3 nitrogen and oxygen atoms in total. The van der Waals surface area contributed by atoms with E-state index in [2.05, 4.69) is 24.2 Å². The first-order valence-electron chi connectivity index (χ1n) is 5.48. The molecule has 1 saturated heterocycles. The van der Waals surface area contributed by atoms with Gasteiger partial charge in [-0.2, -0.15) is 0 Å². The summed E-state index contributed by atoms with van der Waals surface area (Å²) in [5.74, 6) is 0.525. The number of hydrogen-bond donors (Lipinski definition) is 1. The van der Waals surface area contributed by atoms with E-state index < -0.39 is 0 Å². The fourth-order valence-electron chi connectivity index (χ4n) is 2.12. The maximum atomic E-state index is 5.82. The van der Waals surface area contributed by atoms with E-state index in [0.717, 1.165) is 31.6 Å². The number of ether oxygens (including phenoxy) is 1. The zero-order valence-electron chi connectivity index (χ0n) is 9.32. The normalized spacial score (nSPS) is 31.7. The lowest BCUT2D eigenvalue weighted by Gasteiger charge is -2.37. The number of hydrogen-bond acceptors (Lipinski definition) is 4. The molecule has 2 N–H and O–H groups in total. The molecule has 15 heavy (non-hydrogen) atoms. The van der Waals surface area contributed by atoms with E-state index >= 15 is 0 Å². The van der Waals surface area contributed by atoms with Crippen molar-refractivity contribution in [3.8, 4) is 0 Å². The van der Waals surface area contributed by atoms with Gasteiger partial charge in [0.1, 0.15) is 0 Å². The molecule has 0 spiro atoms. The Hall–Kier alpha value is -0.610. The van der Waals surface area contributed by atoms with Crippen LogP contribution in [0.3, 0.4) is 0 Å². The SMILES string of the molecule is CC[C@@]1(C)CC(c2csc(N)n2)CCO1. The molecule has 84 valence electrons. The van der Waals surface area contributed by atoms with E-state index in [-0.39, 0.29) is 5.60 Å². The molecule has 0 amide bonds. The van der Waals surface area contributed by atoms with Crippen molar-refractivity contribution in [1.82, 2.24) is 4.98 Å². The highest BCUT2D eigenvalue weighted by molar-refractivity contribution is 7.13. The molecule has 0 aromatic carbocycles. The number of rotatable bonds is 2. The van der Waals surface area contributed by atoms with E-state index in [4.69, 9.17) is 10.5 Å². The van der Waals surface area contributed by atoms with Crippen molar-refractivity contribution in [2.45, 2.75) is 44.6 Å². The number of thiazole rings is 1. The predicted octanol–water partition coefficient (Wildman–Crippen LogP) is 2.79. The van der Waals surface area contributed by atoms with E-state index in [1.165, 1.54) is 11.3 Å². The van der Waals surface area contributed by atoms with Crippen LogP contribution in [0.25, 0.3) is 0 Å². The summed E-state index contributed by atoms with van der Waals surface area (Å²) < 4.78 is 5.82. The van der Waals surface area contributed by atoms with Gasteiger partial charge in [0.15, 0.2) is 5.13 Å². The molecule has 0 radical (unpaired) electrons. The third kappa shape index (κ3) is 2.32. The molecule has 2 heterocycles. The van der Waals surface area contributed by atoms with Gasteiger partial charge in [-0.3, -0.25) is 0 Å². The van der Waals surface area contributed by atoms with Crippen molar-refractivity contribution < 1.29 is 4.74 Å². The number of nitrogens with zero attached hydrogens (tertiary/aromatic N) is 1. The quantitative estimate of drug-likeness (QED) is 0.843. The van der Waals surface area contributed by atoms with Gasteiger partial charge >= 0.3 is 0 Å². The summed E-state index contributed by atoms with van der Waals surface area (Å²) in [7, 11) is 0. The minimum Gasteiger partial charge on any atom is -0.375 e. The summed E-state index contributed by atoms with van der Waals surface area (Å²) in [5, 5.41) is 2.76. The Kier molecular flexibility index (Phi) is 2.98. The number of aromatic nitrogens is 1. The molecule has 2 rings (SSSR count). The van der Waals surface area contributed by atoms with Gasteiger partial charge in [-0.05, 0) is 26.2 Å². The van der Waals surface area contributed by atoms with E-state index in [0.29, 0.717) is 11.0 Å². The van der Waals surface area contributed by atoms with Gasteiger partial charge in [-0.15, -0.1) is 11.3 Å². The Morgan fingerprint density at radius 3 is 3.13 bits per heavy atom. The third-order valence-corrected chi connectivity index (χ3v) is 3.99. The molecule has 0 bridgehead atoms. The highest BCUT2D eigenvalue weighted by atomic mass is 32.1. The minimum atomic E-state index is 0.0291. The zero-order valence-corrected chi connectivity index (χ0v) is 10.1. The summed E-state index contributed by atoms with van der Waals surface area (Å²) in [6.45, 7) is 5.21. The van der Waals surface area contributed by atoms with Crippen LogP contribution in [0.15, 0.2) is 5.38 Å². The summed E-state index contributed by atoms with van der Waals surface area (Å²) in [4.78, 5) is 4.37. The van der Waals surface area contributed by atoms with Crippen molar-refractivity contribution >= 4 is 16.5 Å². The van der Waals surface area contributed by atoms with Crippen LogP contribution in [-0.4, -0.2) is 17.2 Å². The standard InChI is InChI=1S/C11H18N2OS/c1-3-11(2)6-8(4-5-14-11)9-7-15-10(12)13-9/h7-8H,3-6H2,1-2H3,(H2,12,13)/t8?,11-/m0/s1. The fourth-order valence-corrected chi connectivity index (χ4v) is 2.76. The lowest BCUT2D eigenvalue weighted by molar-refractivity contribution is -0.0750. The molecular weight excluding hydrogens is 208 g/mol. The molecule has 0 saturated carbocycles. The highest BCUT2D eigenvalue weighted by Crippen LogP contribution is 2.37. The summed E-state index contributed by atoms with van der Waals surface area (Å²) >= 11 is 1.53. The first kappa shape index (κ1) is 10.9.